The summed E-state index contributed by atoms with van der Waals surface area (Å²) in [6, 6.07) is 5.95. The van der Waals surface area contributed by atoms with Gasteiger partial charge in [-0.1, -0.05) is 19.1 Å². The van der Waals surface area contributed by atoms with Gasteiger partial charge in [0.25, 0.3) is 0 Å². The number of halogens is 3. The van der Waals surface area contributed by atoms with Crippen molar-refractivity contribution in [3.63, 3.8) is 0 Å². The predicted molar refractivity (Wildman–Crippen MR) is 66.9 cm³/mol. The van der Waals surface area contributed by atoms with E-state index in [1.54, 1.807) is 17.0 Å². The van der Waals surface area contributed by atoms with Gasteiger partial charge in [0.15, 0.2) is 0 Å². The Bertz CT molecular complexity index is 420. The van der Waals surface area contributed by atoms with Crippen molar-refractivity contribution in [1.29, 1.82) is 0 Å². The maximum atomic E-state index is 12.1. The lowest BCUT2D eigenvalue weighted by atomic mass is 10.2. The zero-order chi connectivity index (χ0) is 14.5. The van der Waals surface area contributed by atoms with Gasteiger partial charge < -0.3 is 5.11 Å². The summed E-state index contributed by atoms with van der Waals surface area (Å²) in [5.74, 6) is -0.925. The van der Waals surface area contributed by atoms with Gasteiger partial charge >= 0.3 is 11.5 Å². The fourth-order valence-corrected chi connectivity index (χ4v) is 2.06. The van der Waals surface area contributed by atoms with Gasteiger partial charge in [0.1, 0.15) is 0 Å². The molecule has 1 aromatic carbocycles. The second kappa shape index (κ2) is 6.81. The average molecular weight is 293 g/mol. The molecule has 0 unspecified atom stereocenters. The molecule has 0 aromatic heterocycles. The number of carboxylic acid groups (broad SMARTS) is 1. The van der Waals surface area contributed by atoms with Gasteiger partial charge in [0, 0.05) is 11.4 Å². The van der Waals surface area contributed by atoms with Crippen LogP contribution in [0.25, 0.3) is 0 Å². The van der Waals surface area contributed by atoms with E-state index in [0.29, 0.717) is 13.1 Å². The van der Waals surface area contributed by atoms with Crippen molar-refractivity contribution in [1.82, 2.24) is 4.90 Å². The SMILES string of the molecule is CCN(CC(=O)O)Cc1ccc(SC(F)(F)F)cc1. The number of thioether (sulfide) groups is 1. The molecule has 1 aromatic rings. The molecule has 0 spiro atoms. The lowest BCUT2D eigenvalue weighted by molar-refractivity contribution is -0.138. The molecular formula is C12H14F3NO2S. The third-order valence-corrected chi connectivity index (χ3v) is 3.11. The van der Waals surface area contributed by atoms with Gasteiger partial charge in [-0.2, -0.15) is 13.2 Å². The Morgan fingerprint density at radius 1 is 1.32 bits per heavy atom. The fourth-order valence-electron chi connectivity index (χ4n) is 1.53. The summed E-state index contributed by atoms with van der Waals surface area (Å²) >= 11 is -0.163. The molecule has 0 saturated carbocycles. The van der Waals surface area contributed by atoms with Crippen LogP contribution in [-0.4, -0.2) is 34.6 Å². The number of likely N-dealkylation sites (N-methyl/N-ethyl adjacent to an activating group) is 1. The molecule has 3 nitrogen and oxygen atoms in total. The lowest BCUT2D eigenvalue weighted by Crippen LogP contribution is -2.29. The zero-order valence-corrected chi connectivity index (χ0v) is 11.1. The van der Waals surface area contributed by atoms with Crippen LogP contribution in [-0.2, 0) is 11.3 Å². The van der Waals surface area contributed by atoms with Gasteiger partial charge in [0.2, 0.25) is 0 Å². The topological polar surface area (TPSA) is 40.5 Å². The van der Waals surface area contributed by atoms with Crippen molar-refractivity contribution in [2.24, 2.45) is 0 Å². The summed E-state index contributed by atoms with van der Waals surface area (Å²) in [5.41, 5.74) is -3.50. The Morgan fingerprint density at radius 3 is 2.32 bits per heavy atom. The van der Waals surface area contributed by atoms with E-state index >= 15 is 0 Å². The summed E-state index contributed by atoms with van der Waals surface area (Å²) in [5, 5.41) is 8.69. The van der Waals surface area contributed by atoms with Crippen molar-refractivity contribution in [3.05, 3.63) is 29.8 Å². The zero-order valence-electron chi connectivity index (χ0n) is 10.3. The standard InChI is InChI=1S/C12H14F3NO2S/c1-2-16(8-11(17)18)7-9-3-5-10(6-4-9)19-12(13,14)15/h3-6H,2,7-8H2,1H3,(H,17,18). The van der Waals surface area contributed by atoms with Gasteiger partial charge in [-0.25, -0.2) is 0 Å². The highest BCUT2D eigenvalue weighted by Crippen LogP contribution is 2.36. The molecule has 106 valence electrons. The molecule has 1 rings (SSSR count). The molecule has 0 fully saturated rings. The number of hydrogen-bond acceptors (Lipinski definition) is 3. The molecule has 0 aliphatic carbocycles. The number of alkyl halides is 3. The quantitative estimate of drug-likeness (QED) is 0.818. The Kier molecular flexibility index (Phi) is 5.68. The van der Waals surface area contributed by atoms with Crippen LogP contribution in [0.1, 0.15) is 12.5 Å². The van der Waals surface area contributed by atoms with E-state index in [4.69, 9.17) is 5.11 Å². The third kappa shape index (κ3) is 6.49. The minimum Gasteiger partial charge on any atom is -0.480 e. The van der Waals surface area contributed by atoms with Gasteiger partial charge in [-0.15, -0.1) is 0 Å². The highest BCUT2D eigenvalue weighted by Gasteiger charge is 2.28. The van der Waals surface area contributed by atoms with Gasteiger partial charge in [-0.3, -0.25) is 9.69 Å². The summed E-state index contributed by atoms with van der Waals surface area (Å²) in [7, 11) is 0. The van der Waals surface area contributed by atoms with Crippen LogP contribution >= 0.6 is 11.8 Å². The summed E-state index contributed by atoms with van der Waals surface area (Å²) in [6.07, 6.45) is 0. The van der Waals surface area contributed by atoms with E-state index in [1.807, 2.05) is 6.92 Å². The lowest BCUT2D eigenvalue weighted by Gasteiger charge is -2.18. The molecule has 7 heteroatoms. The summed E-state index contributed by atoms with van der Waals surface area (Å²) in [6.45, 7) is 2.71. The van der Waals surface area contributed by atoms with E-state index in [-0.39, 0.29) is 23.2 Å². The molecule has 0 aliphatic rings. The molecule has 0 aliphatic heterocycles. The molecular weight excluding hydrogens is 279 g/mol. The predicted octanol–water partition coefficient (Wildman–Crippen LogP) is 3.21. The van der Waals surface area contributed by atoms with Crippen molar-refractivity contribution in [3.8, 4) is 0 Å². The minimum atomic E-state index is -4.29. The van der Waals surface area contributed by atoms with E-state index in [9.17, 15) is 18.0 Å². The van der Waals surface area contributed by atoms with E-state index in [0.717, 1.165) is 5.56 Å². The number of nitrogens with zero attached hydrogens (tertiary/aromatic N) is 1. The average Bonchev–Trinajstić information content (AvgIpc) is 2.28. The molecule has 0 heterocycles. The normalized spacial score (nSPS) is 11.8. The maximum absolute atomic E-state index is 12.1. The van der Waals surface area contributed by atoms with Crippen molar-refractivity contribution >= 4 is 17.7 Å². The van der Waals surface area contributed by atoms with Crippen LogP contribution < -0.4 is 0 Å². The second-order valence-corrected chi connectivity index (χ2v) is 5.03. The first kappa shape index (κ1) is 15.8. The Hall–Kier alpha value is -1.21. The van der Waals surface area contributed by atoms with Crippen LogP contribution in [0.3, 0.4) is 0 Å². The Morgan fingerprint density at radius 2 is 1.89 bits per heavy atom. The maximum Gasteiger partial charge on any atom is 0.446 e. The molecule has 0 amide bonds. The van der Waals surface area contributed by atoms with Crippen molar-refractivity contribution in [2.45, 2.75) is 23.9 Å². The Labute approximate surface area is 113 Å². The first-order chi connectivity index (χ1) is 8.80. The van der Waals surface area contributed by atoms with Gasteiger partial charge in [-0.05, 0) is 36.0 Å². The molecule has 1 N–H and O–H groups in total. The van der Waals surface area contributed by atoms with E-state index < -0.39 is 11.5 Å². The smallest absolute Gasteiger partial charge is 0.446 e. The largest absolute Gasteiger partial charge is 0.480 e. The number of rotatable bonds is 6. The molecule has 0 bridgehead atoms. The van der Waals surface area contributed by atoms with Gasteiger partial charge in [0.05, 0.1) is 6.54 Å². The molecule has 0 radical (unpaired) electrons. The van der Waals surface area contributed by atoms with E-state index in [1.165, 1.54) is 12.1 Å². The minimum absolute atomic E-state index is 0.0877. The van der Waals surface area contributed by atoms with Crippen LogP contribution in [0.5, 0.6) is 0 Å². The fraction of sp³-hybridized carbons (Fsp3) is 0.417. The third-order valence-electron chi connectivity index (χ3n) is 2.37. The first-order valence-corrected chi connectivity index (χ1v) is 6.40. The highest BCUT2D eigenvalue weighted by molar-refractivity contribution is 8.00. The van der Waals surface area contributed by atoms with Crippen molar-refractivity contribution < 1.29 is 23.1 Å². The number of benzene rings is 1. The van der Waals surface area contributed by atoms with Crippen LogP contribution in [0, 0.1) is 0 Å². The summed E-state index contributed by atoms with van der Waals surface area (Å²) in [4.78, 5) is 12.4. The monoisotopic (exact) mass is 293 g/mol. The number of carboxylic acids is 1. The summed E-state index contributed by atoms with van der Waals surface area (Å²) < 4.78 is 36.4. The molecule has 0 saturated heterocycles. The van der Waals surface area contributed by atoms with Crippen LogP contribution in [0.4, 0.5) is 13.2 Å². The van der Waals surface area contributed by atoms with Crippen molar-refractivity contribution in [2.75, 3.05) is 13.1 Å². The molecule has 19 heavy (non-hydrogen) atoms. The second-order valence-electron chi connectivity index (χ2n) is 3.89. The number of hydrogen-bond donors (Lipinski definition) is 1. The van der Waals surface area contributed by atoms with Crippen LogP contribution in [0.2, 0.25) is 0 Å². The highest BCUT2D eigenvalue weighted by atomic mass is 32.2. The first-order valence-electron chi connectivity index (χ1n) is 5.59. The molecule has 0 atom stereocenters. The number of carbonyl (C=O) groups is 1. The Balaban J connectivity index is 2.63. The van der Waals surface area contributed by atoms with Crippen LogP contribution in [0.15, 0.2) is 29.2 Å². The van der Waals surface area contributed by atoms with E-state index in [2.05, 4.69) is 0 Å². The number of aliphatic carboxylic acids is 1.